The van der Waals surface area contributed by atoms with Crippen molar-refractivity contribution < 1.29 is 9.59 Å². The number of fused-ring (bicyclic) bond motifs is 2. The van der Waals surface area contributed by atoms with Gasteiger partial charge in [0.15, 0.2) is 11.6 Å². The summed E-state index contributed by atoms with van der Waals surface area (Å²) >= 11 is 12.1. The van der Waals surface area contributed by atoms with Gasteiger partial charge in [0.1, 0.15) is 11.7 Å². The van der Waals surface area contributed by atoms with Crippen molar-refractivity contribution in [3.8, 4) is 0 Å². The van der Waals surface area contributed by atoms with E-state index in [9.17, 15) is 9.59 Å². The van der Waals surface area contributed by atoms with E-state index in [4.69, 9.17) is 33.2 Å². The SMILES string of the molecule is CN(C)C(=Nc1ccc2c(c1)C(=O)c1ccc(N=C(c3ccc(Cl)cc3)N(C)C)cc1C2=O)c1ccc(Cl)cc1. The Bertz CT molecular complexity index is 1560. The van der Waals surface area contributed by atoms with E-state index in [0.717, 1.165) is 11.1 Å². The molecule has 0 amide bonds. The van der Waals surface area contributed by atoms with Gasteiger partial charge in [-0.1, -0.05) is 23.2 Å². The molecule has 8 heteroatoms. The van der Waals surface area contributed by atoms with Crippen LogP contribution in [-0.4, -0.2) is 61.2 Å². The van der Waals surface area contributed by atoms with Crippen molar-refractivity contribution in [1.82, 2.24) is 9.80 Å². The van der Waals surface area contributed by atoms with Gasteiger partial charge < -0.3 is 9.80 Å². The quantitative estimate of drug-likeness (QED) is 0.172. The Morgan fingerprint density at radius 1 is 0.525 bits per heavy atom. The molecule has 0 spiro atoms. The van der Waals surface area contributed by atoms with Crippen LogP contribution in [0.15, 0.2) is 94.9 Å². The summed E-state index contributed by atoms with van der Waals surface area (Å²) in [5.41, 5.74) is 4.26. The van der Waals surface area contributed by atoms with Gasteiger partial charge in [-0.05, 0) is 84.9 Å². The Balaban J connectivity index is 1.51. The highest BCUT2D eigenvalue weighted by atomic mass is 35.5. The smallest absolute Gasteiger partial charge is 0.194 e. The van der Waals surface area contributed by atoms with E-state index in [1.165, 1.54) is 0 Å². The minimum absolute atomic E-state index is 0.222. The summed E-state index contributed by atoms with van der Waals surface area (Å²) < 4.78 is 0. The molecule has 0 unspecified atom stereocenters. The third-order valence-corrected chi connectivity index (χ3v) is 7.01. The predicted molar refractivity (Wildman–Crippen MR) is 162 cm³/mol. The molecule has 0 bridgehead atoms. The van der Waals surface area contributed by atoms with Crippen LogP contribution in [0.5, 0.6) is 0 Å². The fourth-order valence-electron chi connectivity index (χ4n) is 4.55. The van der Waals surface area contributed by atoms with Crippen LogP contribution >= 0.6 is 23.2 Å². The lowest BCUT2D eigenvalue weighted by molar-refractivity contribution is 0.0979. The molecule has 0 aliphatic heterocycles. The molecule has 4 aromatic rings. The highest BCUT2D eigenvalue weighted by Gasteiger charge is 2.30. The number of aliphatic imine (C=N–C) groups is 2. The lowest BCUT2D eigenvalue weighted by Crippen LogP contribution is -2.23. The van der Waals surface area contributed by atoms with E-state index in [-0.39, 0.29) is 11.6 Å². The molecule has 6 nitrogen and oxygen atoms in total. The average molecular weight is 569 g/mol. The largest absolute Gasteiger partial charge is 0.362 e. The van der Waals surface area contributed by atoms with Gasteiger partial charge >= 0.3 is 0 Å². The minimum atomic E-state index is -0.222. The number of halogens is 2. The van der Waals surface area contributed by atoms with Gasteiger partial charge in [-0.2, -0.15) is 0 Å². The Morgan fingerprint density at radius 2 is 0.875 bits per heavy atom. The standard InChI is InChI=1S/C32H26Cl2N4O2/c1-37(2)31(19-5-9-21(33)10-6-19)35-23-13-15-25-27(17-23)29(39)26-16-14-24(18-28(26)30(25)40)36-32(38(3)4)20-7-11-22(34)12-8-20/h5-18H,1-4H3. The summed E-state index contributed by atoms with van der Waals surface area (Å²) in [5.74, 6) is 0.958. The highest BCUT2D eigenvalue weighted by Crippen LogP contribution is 2.33. The molecule has 40 heavy (non-hydrogen) atoms. The normalized spacial score (nSPS) is 13.2. The molecule has 0 saturated carbocycles. The summed E-state index contributed by atoms with van der Waals surface area (Å²) in [6, 6.07) is 25.0. The zero-order valence-electron chi connectivity index (χ0n) is 22.4. The topological polar surface area (TPSA) is 65.3 Å². The van der Waals surface area contributed by atoms with Crippen LogP contribution in [0.1, 0.15) is 43.0 Å². The molecular formula is C32H26Cl2N4O2. The third kappa shape index (κ3) is 5.41. The van der Waals surface area contributed by atoms with Crippen LogP contribution in [0.2, 0.25) is 10.0 Å². The number of ketones is 2. The van der Waals surface area contributed by atoms with E-state index in [0.29, 0.717) is 55.3 Å². The molecule has 5 rings (SSSR count). The number of amidine groups is 2. The van der Waals surface area contributed by atoms with Gasteiger partial charge in [0.2, 0.25) is 0 Å². The molecule has 200 valence electrons. The first-order valence-corrected chi connectivity index (χ1v) is 13.3. The molecule has 0 heterocycles. The molecule has 0 radical (unpaired) electrons. The summed E-state index contributed by atoms with van der Waals surface area (Å²) in [4.78, 5) is 40.4. The fraction of sp³-hybridized carbons (Fsp3) is 0.125. The monoisotopic (exact) mass is 568 g/mol. The molecule has 0 N–H and O–H groups in total. The summed E-state index contributed by atoms with van der Waals surface area (Å²) in [6.45, 7) is 0. The zero-order valence-corrected chi connectivity index (χ0v) is 24.0. The lowest BCUT2D eigenvalue weighted by atomic mass is 9.83. The lowest BCUT2D eigenvalue weighted by Gasteiger charge is -2.20. The van der Waals surface area contributed by atoms with E-state index in [1.54, 1.807) is 60.7 Å². The van der Waals surface area contributed by atoms with E-state index in [2.05, 4.69) is 0 Å². The van der Waals surface area contributed by atoms with Crippen LogP contribution < -0.4 is 0 Å². The minimum Gasteiger partial charge on any atom is -0.362 e. The molecule has 0 saturated heterocycles. The second-order valence-electron chi connectivity index (χ2n) is 9.79. The first kappa shape index (κ1) is 27.3. The van der Waals surface area contributed by atoms with Crippen LogP contribution in [0, 0.1) is 0 Å². The summed E-state index contributed by atoms with van der Waals surface area (Å²) in [5, 5.41) is 1.27. The van der Waals surface area contributed by atoms with Crippen molar-refractivity contribution in [2.45, 2.75) is 0 Å². The molecule has 0 atom stereocenters. The van der Waals surface area contributed by atoms with Crippen molar-refractivity contribution in [3.63, 3.8) is 0 Å². The number of benzene rings is 4. The molecule has 1 aliphatic carbocycles. The van der Waals surface area contributed by atoms with Crippen molar-refractivity contribution >= 4 is 57.8 Å². The van der Waals surface area contributed by atoms with Crippen molar-refractivity contribution in [2.24, 2.45) is 9.98 Å². The number of rotatable bonds is 4. The Morgan fingerprint density at radius 3 is 1.20 bits per heavy atom. The molecule has 0 fully saturated rings. The Kier molecular flexibility index (Phi) is 7.57. The van der Waals surface area contributed by atoms with Crippen LogP contribution in [0.25, 0.3) is 0 Å². The second-order valence-corrected chi connectivity index (χ2v) is 10.7. The number of nitrogens with zero attached hydrogens (tertiary/aromatic N) is 4. The van der Waals surface area contributed by atoms with E-state index in [1.807, 2.05) is 62.3 Å². The third-order valence-electron chi connectivity index (χ3n) is 6.51. The summed E-state index contributed by atoms with van der Waals surface area (Å²) in [6.07, 6.45) is 0. The fourth-order valence-corrected chi connectivity index (χ4v) is 4.81. The van der Waals surface area contributed by atoms with E-state index >= 15 is 0 Å². The molecule has 0 aromatic heterocycles. The van der Waals surface area contributed by atoms with Crippen molar-refractivity contribution in [2.75, 3.05) is 28.2 Å². The molecule has 1 aliphatic rings. The van der Waals surface area contributed by atoms with Gasteiger partial charge in [-0.3, -0.25) is 9.59 Å². The second kappa shape index (κ2) is 11.1. The van der Waals surface area contributed by atoms with E-state index < -0.39 is 0 Å². The summed E-state index contributed by atoms with van der Waals surface area (Å²) in [7, 11) is 7.58. The van der Waals surface area contributed by atoms with Crippen molar-refractivity contribution in [1.29, 1.82) is 0 Å². The predicted octanol–water partition coefficient (Wildman–Crippen LogP) is 7.05. The number of hydrogen-bond donors (Lipinski definition) is 0. The first-order chi connectivity index (χ1) is 19.1. The number of carbonyl (C=O) groups is 2. The molecular weight excluding hydrogens is 543 g/mol. The number of hydrogen-bond acceptors (Lipinski definition) is 4. The zero-order chi connectivity index (χ0) is 28.6. The average Bonchev–Trinajstić information content (AvgIpc) is 2.94. The Labute approximate surface area is 243 Å². The first-order valence-electron chi connectivity index (χ1n) is 12.5. The van der Waals surface area contributed by atoms with Gasteiger partial charge in [0.05, 0.1) is 11.4 Å². The van der Waals surface area contributed by atoms with Gasteiger partial charge in [0, 0.05) is 71.6 Å². The van der Waals surface area contributed by atoms with Crippen molar-refractivity contribution in [3.05, 3.63) is 128 Å². The highest BCUT2D eigenvalue weighted by molar-refractivity contribution is 6.31. The van der Waals surface area contributed by atoms with Crippen LogP contribution in [-0.2, 0) is 0 Å². The maximum Gasteiger partial charge on any atom is 0.194 e. The van der Waals surface area contributed by atoms with Crippen LogP contribution in [0.3, 0.4) is 0 Å². The van der Waals surface area contributed by atoms with Crippen LogP contribution in [0.4, 0.5) is 11.4 Å². The maximum atomic E-state index is 13.5. The van der Waals surface area contributed by atoms with Gasteiger partial charge in [-0.25, -0.2) is 9.98 Å². The van der Waals surface area contributed by atoms with Gasteiger partial charge in [-0.15, -0.1) is 0 Å². The van der Waals surface area contributed by atoms with Gasteiger partial charge in [0.25, 0.3) is 0 Å². The Hall–Kier alpha value is -4.26. The number of carbonyl (C=O) groups excluding carboxylic acids is 2. The maximum absolute atomic E-state index is 13.5. The molecule has 4 aromatic carbocycles.